The van der Waals surface area contributed by atoms with Gasteiger partial charge in [0.15, 0.2) is 0 Å². The van der Waals surface area contributed by atoms with Crippen molar-refractivity contribution in [1.82, 2.24) is 10.3 Å². The van der Waals surface area contributed by atoms with Gasteiger partial charge in [0.25, 0.3) is 5.91 Å². The van der Waals surface area contributed by atoms with Crippen molar-refractivity contribution < 1.29 is 19.5 Å². The van der Waals surface area contributed by atoms with Crippen LogP contribution in [0.25, 0.3) is 0 Å². The number of aliphatic carboxylic acids is 1. The first kappa shape index (κ1) is 14.4. The number of hydrogen-bond donors (Lipinski definition) is 3. The van der Waals surface area contributed by atoms with Gasteiger partial charge < -0.3 is 10.4 Å². The molecule has 0 radical (unpaired) electrons. The molecule has 0 spiro atoms. The molecule has 100 valence electrons. The number of anilines is 1. The number of nitrogens with zero attached hydrogens (tertiary/aromatic N) is 1. The Morgan fingerprint density at radius 1 is 1.21 bits per heavy atom. The Hall–Kier alpha value is -2.70. The van der Waals surface area contributed by atoms with Gasteiger partial charge in [-0.05, 0) is 26.0 Å². The van der Waals surface area contributed by atoms with Crippen molar-refractivity contribution in [3.63, 3.8) is 0 Å². The molecule has 1 rings (SSSR count). The van der Waals surface area contributed by atoms with Gasteiger partial charge in [0.2, 0.25) is 0 Å². The molecule has 0 aromatic carbocycles. The lowest BCUT2D eigenvalue weighted by atomic mass is 10.3. The van der Waals surface area contributed by atoms with Gasteiger partial charge in [-0.15, -0.1) is 0 Å². The Morgan fingerprint density at radius 3 is 2.47 bits per heavy atom. The third kappa shape index (κ3) is 4.99. The molecule has 0 bridgehead atoms. The highest BCUT2D eigenvalue weighted by Crippen LogP contribution is 2.11. The number of rotatable bonds is 3. The first-order valence-electron chi connectivity index (χ1n) is 5.35. The van der Waals surface area contributed by atoms with Crippen molar-refractivity contribution in [3.8, 4) is 0 Å². The zero-order chi connectivity index (χ0) is 14.4. The van der Waals surface area contributed by atoms with Gasteiger partial charge in [0.05, 0.1) is 11.4 Å². The van der Waals surface area contributed by atoms with Gasteiger partial charge in [0.1, 0.15) is 0 Å². The fourth-order valence-electron chi connectivity index (χ4n) is 1.27. The normalized spacial score (nSPS) is 10.2. The monoisotopic (exact) mass is 263 g/mol. The van der Waals surface area contributed by atoms with Crippen molar-refractivity contribution in [2.24, 2.45) is 0 Å². The highest BCUT2D eigenvalue weighted by Gasteiger charge is 2.07. The molecule has 0 aliphatic heterocycles. The molecule has 0 unspecified atom stereocenters. The highest BCUT2D eigenvalue weighted by molar-refractivity contribution is 6.06. The van der Waals surface area contributed by atoms with Crippen molar-refractivity contribution in [3.05, 3.63) is 35.7 Å². The largest absolute Gasteiger partial charge is 0.478 e. The zero-order valence-corrected chi connectivity index (χ0v) is 10.4. The van der Waals surface area contributed by atoms with E-state index < -0.39 is 17.9 Å². The van der Waals surface area contributed by atoms with Crippen LogP contribution in [0.4, 0.5) is 10.5 Å². The average Bonchev–Trinajstić information content (AvgIpc) is 2.30. The van der Waals surface area contributed by atoms with E-state index in [9.17, 15) is 14.4 Å². The minimum atomic E-state index is -1.27. The lowest BCUT2D eigenvalue weighted by molar-refractivity contribution is -0.131. The molecule has 0 saturated heterocycles. The van der Waals surface area contributed by atoms with Gasteiger partial charge in [-0.2, -0.15) is 0 Å². The summed E-state index contributed by atoms with van der Waals surface area (Å²) < 4.78 is 0. The quantitative estimate of drug-likeness (QED) is 0.704. The van der Waals surface area contributed by atoms with Crippen LogP contribution in [0, 0.1) is 13.8 Å². The maximum Gasteiger partial charge on any atom is 0.328 e. The maximum absolute atomic E-state index is 11.5. The average molecular weight is 263 g/mol. The summed E-state index contributed by atoms with van der Waals surface area (Å²) in [5.41, 5.74) is 1.89. The van der Waals surface area contributed by atoms with Crippen molar-refractivity contribution in [2.45, 2.75) is 13.8 Å². The number of carbonyl (C=O) groups excluding carboxylic acids is 2. The molecule has 3 N–H and O–H groups in total. The number of carboxylic acids is 1. The van der Waals surface area contributed by atoms with Gasteiger partial charge in [-0.25, -0.2) is 9.59 Å². The summed E-state index contributed by atoms with van der Waals surface area (Å²) in [4.78, 5) is 36.9. The summed E-state index contributed by atoms with van der Waals surface area (Å²) in [5, 5.41) is 12.7. The topological polar surface area (TPSA) is 108 Å². The zero-order valence-electron chi connectivity index (χ0n) is 10.4. The molecule has 1 heterocycles. The van der Waals surface area contributed by atoms with Crippen LogP contribution in [0.1, 0.15) is 11.4 Å². The summed E-state index contributed by atoms with van der Waals surface area (Å²) in [5.74, 6) is -2.09. The standard InChI is InChI=1S/C12H13N3O4/c1-7-3-4-9(8(2)13-7)14-12(19)15-10(16)5-6-11(17)18/h3-6H,1-2H3,(H,17,18)(H2,14,15,16,19). The van der Waals surface area contributed by atoms with E-state index in [2.05, 4.69) is 10.3 Å². The van der Waals surface area contributed by atoms with Gasteiger partial charge >= 0.3 is 12.0 Å². The van der Waals surface area contributed by atoms with Crippen LogP contribution >= 0.6 is 0 Å². The SMILES string of the molecule is Cc1ccc(NC(=O)NC(=O)C=CC(=O)O)c(C)n1. The lowest BCUT2D eigenvalue weighted by Gasteiger charge is -2.08. The van der Waals surface area contributed by atoms with Crippen LogP contribution in [0.15, 0.2) is 24.3 Å². The predicted molar refractivity (Wildman–Crippen MR) is 67.6 cm³/mol. The summed E-state index contributed by atoms with van der Waals surface area (Å²) in [6, 6.07) is 2.62. The number of imide groups is 1. The number of amides is 3. The number of aryl methyl sites for hydroxylation is 2. The molecule has 1 aromatic heterocycles. The third-order valence-corrected chi connectivity index (χ3v) is 2.09. The first-order valence-corrected chi connectivity index (χ1v) is 5.35. The van der Waals surface area contributed by atoms with E-state index in [0.29, 0.717) is 17.5 Å². The van der Waals surface area contributed by atoms with Gasteiger partial charge in [-0.3, -0.25) is 15.1 Å². The highest BCUT2D eigenvalue weighted by atomic mass is 16.4. The number of urea groups is 1. The van der Waals surface area contributed by atoms with Crippen LogP contribution in [-0.4, -0.2) is 28.0 Å². The Kier molecular flexibility index (Phi) is 4.76. The second-order valence-electron chi connectivity index (χ2n) is 3.70. The van der Waals surface area contributed by atoms with E-state index >= 15 is 0 Å². The fraction of sp³-hybridized carbons (Fsp3) is 0.167. The van der Waals surface area contributed by atoms with Crippen molar-refractivity contribution >= 4 is 23.6 Å². The van der Waals surface area contributed by atoms with E-state index in [1.807, 2.05) is 12.2 Å². The number of pyridine rings is 1. The van der Waals surface area contributed by atoms with Crippen LogP contribution in [0.3, 0.4) is 0 Å². The molecule has 0 aliphatic rings. The van der Waals surface area contributed by atoms with E-state index in [-0.39, 0.29) is 0 Å². The molecule has 7 nitrogen and oxygen atoms in total. The molecule has 7 heteroatoms. The summed E-state index contributed by atoms with van der Waals surface area (Å²) in [6.07, 6.45) is 1.39. The van der Waals surface area contributed by atoms with E-state index in [0.717, 1.165) is 11.8 Å². The summed E-state index contributed by atoms with van der Waals surface area (Å²) in [7, 11) is 0. The van der Waals surface area contributed by atoms with E-state index in [1.165, 1.54) is 0 Å². The Bertz CT molecular complexity index is 552. The molecule has 1 aromatic rings. The Labute approximate surface area is 109 Å². The van der Waals surface area contributed by atoms with Gasteiger partial charge in [-0.1, -0.05) is 0 Å². The number of hydrogen-bond acceptors (Lipinski definition) is 4. The van der Waals surface area contributed by atoms with Gasteiger partial charge in [0, 0.05) is 17.8 Å². The Morgan fingerprint density at radius 2 is 1.89 bits per heavy atom. The van der Waals surface area contributed by atoms with Crippen molar-refractivity contribution in [1.29, 1.82) is 0 Å². The van der Waals surface area contributed by atoms with E-state index in [1.54, 1.807) is 19.1 Å². The molecule has 0 saturated carbocycles. The van der Waals surface area contributed by atoms with Crippen molar-refractivity contribution in [2.75, 3.05) is 5.32 Å². The number of carboxylic acid groups (broad SMARTS) is 1. The molecular weight excluding hydrogens is 250 g/mol. The summed E-state index contributed by atoms with van der Waals surface area (Å²) >= 11 is 0. The number of aromatic nitrogens is 1. The van der Waals surface area contributed by atoms with E-state index in [4.69, 9.17) is 5.11 Å². The second-order valence-corrected chi connectivity index (χ2v) is 3.70. The number of nitrogens with one attached hydrogen (secondary N) is 2. The Balaban J connectivity index is 2.60. The minimum absolute atomic E-state index is 0.470. The second kappa shape index (κ2) is 6.29. The maximum atomic E-state index is 11.5. The molecular formula is C12H13N3O4. The third-order valence-electron chi connectivity index (χ3n) is 2.09. The smallest absolute Gasteiger partial charge is 0.328 e. The molecule has 3 amide bonds. The molecule has 0 atom stereocenters. The lowest BCUT2D eigenvalue weighted by Crippen LogP contribution is -2.33. The minimum Gasteiger partial charge on any atom is -0.478 e. The predicted octanol–water partition coefficient (Wildman–Crippen LogP) is 0.987. The van der Waals surface area contributed by atoms with Crippen LogP contribution < -0.4 is 10.6 Å². The fourth-order valence-corrected chi connectivity index (χ4v) is 1.27. The van der Waals surface area contributed by atoms with Crippen LogP contribution in [-0.2, 0) is 9.59 Å². The molecule has 0 aliphatic carbocycles. The summed E-state index contributed by atoms with van der Waals surface area (Å²) in [6.45, 7) is 3.53. The first-order chi connectivity index (χ1) is 8.88. The number of carbonyl (C=O) groups is 3. The van der Waals surface area contributed by atoms with Crippen LogP contribution in [0.5, 0.6) is 0 Å². The molecule has 19 heavy (non-hydrogen) atoms. The van der Waals surface area contributed by atoms with Crippen LogP contribution in [0.2, 0.25) is 0 Å². The molecule has 0 fully saturated rings.